The quantitative estimate of drug-likeness (QED) is 0.436. The average molecular weight is 424 g/mol. The van der Waals surface area contributed by atoms with Gasteiger partial charge in [-0.15, -0.1) is 0 Å². The molecular weight excluding hydrogens is 403 g/mol. The van der Waals surface area contributed by atoms with Crippen LogP contribution in [0, 0.1) is 0 Å². The molecule has 1 fully saturated rings. The lowest BCUT2D eigenvalue weighted by atomic mass is 10.1. The molecule has 1 N–H and O–H groups in total. The van der Waals surface area contributed by atoms with E-state index in [1.807, 2.05) is 30.3 Å². The fraction of sp³-hybridized carbons (Fsp3) is 0.182. The van der Waals surface area contributed by atoms with Gasteiger partial charge in [0.25, 0.3) is 0 Å². The molecule has 0 radical (unpaired) electrons. The van der Waals surface area contributed by atoms with Gasteiger partial charge in [0.05, 0.1) is 25.6 Å². The molecule has 1 aliphatic rings. The van der Waals surface area contributed by atoms with E-state index in [0.29, 0.717) is 24.7 Å². The van der Waals surface area contributed by atoms with Crippen LogP contribution in [0.5, 0.6) is 0 Å². The van der Waals surface area contributed by atoms with Gasteiger partial charge in [0, 0.05) is 17.3 Å². The van der Waals surface area contributed by atoms with Crippen molar-refractivity contribution in [1.29, 1.82) is 0 Å². The summed E-state index contributed by atoms with van der Waals surface area (Å²) >= 11 is 0. The van der Waals surface area contributed by atoms with Crippen LogP contribution in [0.2, 0.25) is 0 Å². The predicted octanol–water partition coefficient (Wildman–Crippen LogP) is 5.12. The molecule has 154 valence electrons. The van der Waals surface area contributed by atoms with E-state index < -0.39 is 7.60 Å². The molecule has 1 aliphatic heterocycles. The van der Waals surface area contributed by atoms with Gasteiger partial charge in [-0.2, -0.15) is 0 Å². The smallest absolute Gasteiger partial charge is 0.335 e. The Kier molecular flexibility index (Phi) is 6.23. The first-order valence-electron chi connectivity index (χ1n) is 9.58. The number of nitrogens with one attached hydrogen (secondary N) is 1. The summed E-state index contributed by atoms with van der Waals surface area (Å²) in [7, 11) is -3.06. The van der Waals surface area contributed by atoms with Gasteiger partial charge >= 0.3 is 7.60 Å². The number of benzene rings is 2. The molecule has 0 bridgehead atoms. The number of amides is 1. The van der Waals surface area contributed by atoms with Gasteiger partial charge in [0.1, 0.15) is 0 Å². The monoisotopic (exact) mass is 424 g/mol. The van der Waals surface area contributed by atoms with Crippen molar-refractivity contribution >= 4 is 25.3 Å². The lowest BCUT2D eigenvalue weighted by molar-refractivity contribution is -0.111. The second-order valence-electron chi connectivity index (χ2n) is 6.78. The van der Waals surface area contributed by atoms with Crippen molar-refractivity contribution in [3.05, 3.63) is 78.2 Å². The first kappa shape index (κ1) is 20.3. The molecule has 30 heavy (non-hydrogen) atoms. The molecule has 1 amide bonds. The Bertz CT molecular complexity index is 1070. The number of aromatic nitrogens is 1. The highest BCUT2D eigenvalue weighted by Crippen LogP contribution is 2.53. The minimum Gasteiger partial charge on any atom is -0.356 e. The second kappa shape index (κ2) is 9.22. The summed E-state index contributed by atoms with van der Waals surface area (Å²) in [6, 6.07) is 16.8. The summed E-state index contributed by atoms with van der Waals surface area (Å²) < 4.78 is 28.3. The topological polar surface area (TPSA) is 90.7 Å². The van der Waals surface area contributed by atoms with E-state index in [1.165, 1.54) is 6.08 Å². The minimum absolute atomic E-state index is 0.217. The van der Waals surface area contributed by atoms with Crippen molar-refractivity contribution in [2.45, 2.75) is 12.6 Å². The van der Waals surface area contributed by atoms with Crippen LogP contribution in [-0.2, 0) is 24.6 Å². The third-order valence-corrected chi connectivity index (χ3v) is 6.44. The SMILES string of the molecule is O=C(C=Cc1oncc1-c1ccccc1)Nc1ccc(CP2(=O)OCCCO2)cc1. The van der Waals surface area contributed by atoms with Crippen LogP contribution < -0.4 is 5.32 Å². The Morgan fingerprint density at radius 2 is 1.80 bits per heavy atom. The number of hydrogen-bond donors (Lipinski definition) is 1. The molecule has 0 saturated carbocycles. The van der Waals surface area contributed by atoms with E-state index in [2.05, 4.69) is 10.5 Å². The largest absolute Gasteiger partial charge is 0.356 e. The maximum absolute atomic E-state index is 12.5. The summed E-state index contributed by atoms with van der Waals surface area (Å²) in [5, 5.41) is 6.61. The Balaban J connectivity index is 1.37. The first-order valence-corrected chi connectivity index (χ1v) is 11.3. The fourth-order valence-electron chi connectivity index (χ4n) is 3.05. The van der Waals surface area contributed by atoms with Gasteiger partial charge in [-0.05, 0) is 35.8 Å². The van der Waals surface area contributed by atoms with E-state index >= 15 is 0 Å². The van der Waals surface area contributed by atoms with Crippen LogP contribution in [0.1, 0.15) is 17.7 Å². The summed E-state index contributed by atoms with van der Waals surface area (Å²) in [5.74, 6) is 0.203. The molecule has 2 aromatic carbocycles. The van der Waals surface area contributed by atoms with Gasteiger partial charge in [0.15, 0.2) is 5.76 Å². The molecule has 8 heteroatoms. The molecule has 7 nitrogen and oxygen atoms in total. The number of rotatable bonds is 6. The Morgan fingerprint density at radius 3 is 2.53 bits per heavy atom. The van der Waals surface area contributed by atoms with Crippen LogP contribution in [-0.4, -0.2) is 24.3 Å². The molecule has 0 unspecified atom stereocenters. The predicted molar refractivity (Wildman–Crippen MR) is 114 cm³/mol. The van der Waals surface area contributed by atoms with Crippen molar-refractivity contribution in [3.63, 3.8) is 0 Å². The number of nitrogens with zero attached hydrogens (tertiary/aromatic N) is 1. The molecule has 2 heterocycles. The lowest BCUT2D eigenvalue weighted by Gasteiger charge is -2.22. The Morgan fingerprint density at radius 1 is 1.07 bits per heavy atom. The van der Waals surface area contributed by atoms with E-state index in [4.69, 9.17) is 13.6 Å². The van der Waals surface area contributed by atoms with Gasteiger partial charge in [-0.25, -0.2) is 0 Å². The number of hydrogen-bond acceptors (Lipinski definition) is 6. The zero-order valence-corrected chi connectivity index (χ0v) is 17.1. The van der Waals surface area contributed by atoms with E-state index in [0.717, 1.165) is 23.1 Å². The zero-order chi connectivity index (χ0) is 20.8. The maximum Gasteiger partial charge on any atom is 0.335 e. The van der Waals surface area contributed by atoms with Crippen LogP contribution in [0.3, 0.4) is 0 Å². The summed E-state index contributed by atoms with van der Waals surface area (Å²) in [4.78, 5) is 12.3. The molecular formula is C22H21N2O5P. The molecule has 3 aromatic rings. The molecule has 4 rings (SSSR count). The minimum atomic E-state index is -3.06. The summed E-state index contributed by atoms with van der Waals surface area (Å²) in [6.07, 6.45) is 5.57. The Hall–Kier alpha value is -2.99. The Labute approximate surface area is 174 Å². The van der Waals surface area contributed by atoms with E-state index in [1.54, 1.807) is 36.5 Å². The normalized spacial score (nSPS) is 15.9. The standard InChI is InChI=1S/C22H21N2O5P/c25-22(12-11-21-20(15-23-29-21)18-5-2-1-3-6-18)24-19-9-7-17(8-10-19)16-30(26)27-13-4-14-28-30/h1-3,5-12,15H,4,13-14,16H2,(H,24,25). The molecule has 0 spiro atoms. The van der Waals surface area contributed by atoms with Crippen LogP contribution in [0.15, 0.2) is 71.4 Å². The average Bonchev–Trinajstić information content (AvgIpc) is 3.23. The molecule has 0 atom stereocenters. The first-order chi connectivity index (χ1) is 14.6. The third-order valence-electron chi connectivity index (χ3n) is 4.53. The van der Waals surface area contributed by atoms with Gasteiger partial charge < -0.3 is 18.9 Å². The molecule has 1 saturated heterocycles. The lowest BCUT2D eigenvalue weighted by Crippen LogP contribution is -2.10. The van der Waals surface area contributed by atoms with Gasteiger partial charge in [-0.3, -0.25) is 9.36 Å². The summed E-state index contributed by atoms with van der Waals surface area (Å²) in [6.45, 7) is 0.907. The van der Waals surface area contributed by atoms with Crippen molar-refractivity contribution in [3.8, 4) is 11.1 Å². The third kappa shape index (κ3) is 5.13. The van der Waals surface area contributed by atoms with Crippen LogP contribution in [0.25, 0.3) is 17.2 Å². The van der Waals surface area contributed by atoms with E-state index in [9.17, 15) is 9.36 Å². The number of anilines is 1. The number of carbonyl (C=O) groups is 1. The highest BCUT2D eigenvalue weighted by molar-refractivity contribution is 7.53. The van der Waals surface area contributed by atoms with E-state index in [-0.39, 0.29) is 12.1 Å². The highest BCUT2D eigenvalue weighted by atomic mass is 31.2. The van der Waals surface area contributed by atoms with Gasteiger partial charge in [-0.1, -0.05) is 47.6 Å². The highest BCUT2D eigenvalue weighted by Gasteiger charge is 2.28. The maximum atomic E-state index is 12.5. The second-order valence-corrected chi connectivity index (χ2v) is 8.83. The van der Waals surface area contributed by atoms with Crippen molar-refractivity contribution in [1.82, 2.24) is 5.16 Å². The fourth-order valence-corrected chi connectivity index (χ4v) is 4.78. The van der Waals surface area contributed by atoms with Gasteiger partial charge in [0.2, 0.25) is 5.91 Å². The number of carbonyl (C=O) groups excluding carboxylic acids is 1. The van der Waals surface area contributed by atoms with Crippen LogP contribution in [0.4, 0.5) is 5.69 Å². The van der Waals surface area contributed by atoms with Crippen molar-refractivity contribution < 1.29 is 22.9 Å². The molecule has 1 aromatic heterocycles. The van der Waals surface area contributed by atoms with Crippen LogP contribution >= 0.6 is 7.60 Å². The zero-order valence-electron chi connectivity index (χ0n) is 16.2. The van der Waals surface area contributed by atoms with Crippen molar-refractivity contribution in [2.24, 2.45) is 0 Å². The summed E-state index contributed by atoms with van der Waals surface area (Å²) in [5.41, 5.74) is 3.21. The molecule has 0 aliphatic carbocycles. The van der Waals surface area contributed by atoms with Crippen molar-refractivity contribution in [2.75, 3.05) is 18.5 Å².